The summed E-state index contributed by atoms with van der Waals surface area (Å²) in [6.07, 6.45) is 6.99. The molecule has 1 saturated heterocycles. The van der Waals surface area contributed by atoms with Gasteiger partial charge in [0.25, 0.3) is 11.8 Å². The van der Waals surface area contributed by atoms with Crippen molar-refractivity contribution in [2.24, 2.45) is 0 Å². The second kappa shape index (κ2) is 22.9. The average Bonchev–Trinajstić information content (AvgIpc) is 3.64. The molecule has 0 radical (unpaired) electrons. The van der Waals surface area contributed by atoms with Crippen molar-refractivity contribution in [1.29, 1.82) is 10.8 Å². The summed E-state index contributed by atoms with van der Waals surface area (Å²) in [5.74, 6) is -0.810. The van der Waals surface area contributed by atoms with Gasteiger partial charge in [0.1, 0.15) is 36.3 Å². The third-order valence-corrected chi connectivity index (χ3v) is 10.8. The topological polar surface area (TPSA) is 241 Å². The van der Waals surface area contributed by atoms with E-state index in [1.165, 1.54) is 16.1 Å². The lowest BCUT2D eigenvalue weighted by atomic mass is 10.0. The van der Waals surface area contributed by atoms with Crippen LogP contribution in [0.5, 0.6) is 5.75 Å². The van der Waals surface area contributed by atoms with Crippen molar-refractivity contribution in [3.63, 3.8) is 0 Å². The summed E-state index contributed by atoms with van der Waals surface area (Å²) >= 11 is 0. The third kappa shape index (κ3) is 12.8. The maximum atomic E-state index is 13.2. The zero-order valence-corrected chi connectivity index (χ0v) is 36.0. The van der Waals surface area contributed by atoms with Gasteiger partial charge >= 0.3 is 0 Å². The number of nitrogens with zero attached hydrogens (tertiary/aromatic N) is 4. The number of anilines is 2. The van der Waals surface area contributed by atoms with E-state index in [2.05, 4.69) is 31.2 Å². The van der Waals surface area contributed by atoms with Gasteiger partial charge in [0.15, 0.2) is 5.84 Å². The van der Waals surface area contributed by atoms with Crippen LogP contribution in [0.1, 0.15) is 89.0 Å². The predicted octanol–water partition coefficient (Wildman–Crippen LogP) is 4.69. The summed E-state index contributed by atoms with van der Waals surface area (Å²) in [6, 6.07) is 20.3. The van der Waals surface area contributed by atoms with Gasteiger partial charge in [0, 0.05) is 60.9 Å². The van der Waals surface area contributed by atoms with Gasteiger partial charge < -0.3 is 40.0 Å². The number of imide groups is 1. The van der Waals surface area contributed by atoms with Crippen molar-refractivity contribution in [3.8, 4) is 5.75 Å². The largest absolute Gasteiger partial charge is 0.494 e. The van der Waals surface area contributed by atoms with Gasteiger partial charge in [-0.25, -0.2) is 9.97 Å². The van der Waals surface area contributed by atoms with Crippen LogP contribution in [0.4, 0.5) is 11.4 Å². The minimum Gasteiger partial charge on any atom is -0.494 e. The Balaban J connectivity index is 0.804. The van der Waals surface area contributed by atoms with Crippen LogP contribution in [0.15, 0.2) is 85.3 Å². The number of aromatic nitrogens is 2. The van der Waals surface area contributed by atoms with Gasteiger partial charge in [-0.2, -0.15) is 0 Å². The molecule has 0 bridgehead atoms. The standard InChI is InChI=1S/C46H54N10O8/c1-30(52-44(59)32-11-7-12-33(24-32)50-26-40(47)55(2)43(48)38-18-19-49-29-51-38)31-10-8-13-34(25-31)64-21-6-4-3-5-20-62-22-23-63-28-42(58)53-37-15-9-14-35-36(37)27-56(46(35)61)39-16-17-41(57)54-45(39)60/h7-15,18-19,24-25,29-30,39,47-48,50H,3-6,16-17,20-23,26-28H2,1-2H3,(H,52,59)(H,53,58)(H,54,57,60)/t30-,39?/m0/s1. The Morgan fingerprint density at radius 3 is 2.52 bits per heavy atom. The third-order valence-electron chi connectivity index (χ3n) is 10.8. The summed E-state index contributed by atoms with van der Waals surface area (Å²) in [4.78, 5) is 73.6. The number of benzene rings is 3. The first-order valence-electron chi connectivity index (χ1n) is 21.2. The molecule has 18 nitrogen and oxygen atoms in total. The molecule has 2 aliphatic heterocycles. The SMILES string of the molecule is C[C@H](NC(=O)c1cccc(NCC(=N)N(C)C(=N)c2ccncn2)c1)c1cccc(OCCCCCCOCCOCC(=O)Nc2cccc3c2CN(C2CCC(=O)NC2=O)C3=O)c1. The Morgan fingerprint density at radius 2 is 1.72 bits per heavy atom. The Hall–Kier alpha value is -7.05. The van der Waals surface area contributed by atoms with E-state index in [1.807, 2.05) is 37.3 Å². The zero-order valence-electron chi connectivity index (χ0n) is 36.0. The van der Waals surface area contributed by atoms with Crippen molar-refractivity contribution in [3.05, 3.63) is 113 Å². The first-order valence-corrected chi connectivity index (χ1v) is 21.2. The lowest BCUT2D eigenvalue weighted by Crippen LogP contribution is -2.52. The van der Waals surface area contributed by atoms with Gasteiger partial charge in [-0.3, -0.25) is 40.1 Å². The Labute approximate surface area is 371 Å². The van der Waals surface area contributed by atoms with E-state index in [0.717, 1.165) is 37.0 Å². The smallest absolute Gasteiger partial charge is 0.255 e. The average molecular weight is 875 g/mol. The number of fused-ring (bicyclic) bond motifs is 1. The van der Waals surface area contributed by atoms with Crippen molar-refractivity contribution in [2.45, 2.75) is 64.1 Å². The molecule has 2 atom stereocenters. The van der Waals surface area contributed by atoms with Crippen LogP contribution >= 0.6 is 0 Å². The number of hydrogen-bond donors (Lipinski definition) is 6. The molecule has 1 unspecified atom stereocenters. The molecule has 0 spiro atoms. The number of unbranched alkanes of at least 4 members (excludes halogenated alkanes) is 3. The molecule has 0 aliphatic carbocycles. The molecule has 6 rings (SSSR count). The summed E-state index contributed by atoms with van der Waals surface area (Å²) in [5.41, 5.74) is 3.97. The van der Waals surface area contributed by atoms with Gasteiger partial charge in [0.2, 0.25) is 17.7 Å². The number of piperidine rings is 1. The number of carbonyl (C=O) groups excluding carboxylic acids is 5. The maximum Gasteiger partial charge on any atom is 0.255 e. The van der Waals surface area contributed by atoms with Gasteiger partial charge in [-0.05, 0) is 86.7 Å². The van der Waals surface area contributed by atoms with Gasteiger partial charge in [-0.15, -0.1) is 0 Å². The van der Waals surface area contributed by atoms with Crippen molar-refractivity contribution in [2.75, 3.05) is 57.3 Å². The van der Waals surface area contributed by atoms with Crippen LogP contribution in [0.25, 0.3) is 0 Å². The van der Waals surface area contributed by atoms with Crippen LogP contribution in [0.2, 0.25) is 0 Å². The maximum absolute atomic E-state index is 13.2. The number of amidine groups is 2. The highest BCUT2D eigenvalue weighted by atomic mass is 16.5. The fourth-order valence-corrected chi connectivity index (χ4v) is 7.17. The van der Waals surface area contributed by atoms with E-state index in [4.69, 9.17) is 25.0 Å². The van der Waals surface area contributed by atoms with Crippen LogP contribution in [-0.4, -0.2) is 114 Å². The lowest BCUT2D eigenvalue weighted by molar-refractivity contribution is -0.137. The van der Waals surface area contributed by atoms with Gasteiger partial charge in [0.05, 0.1) is 32.4 Å². The van der Waals surface area contributed by atoms with E-state index >= 15 is 0 Å². The van der Waals surface area contributed by atoms with Crippen LogP contribution in [-0.2, 0) is 30.4 Å². The van der Waals surface area contributed by atoms with Crippen molar-refractivity contribution < 1.29 is 38.2 Å². The lowest BCUT2D eigenvalue weighted by Gasteiger charge is -2.29. The van der Waals surface area contributed by atoms with E-state index in [0.29, 0.717) is 53.6 Å². The fraction of sp³-hybridized carbons (Fsp3) is 0.370. The van der Waals surface area contributed by atoms with E-state index < -0.39 is 11.9 Å². The minimum absolute atomic E-state index is 0.0769. The molecule has 5 amide bonds. The Bertz CT molecular complexity index is 2330. The number of likely N-dealkylation sites (N-methyl/N-ethyl adjacent to an activating group) is 1. The number of rotatable bonds is 22. The summed E-state index contributed by atoms with van der Waals surface area (Å²) in [7, 11) is 1.63. The summed E-state index contributed by atoms with van der Waals surface area (Å²) in [5, 5.41) is 28.0. The molecular weight excluding hydrogens is 821 g/mol. The van der Waals surface area contributed by atoms with Crippen LogP contribution < -0.4 is 26.0 Å². The highest BCUT2D eigenvalue weighted by molar-refractivity contribution is 6.07. The molecule has 1 fully saturated rings. The normalized spacial score (nSPS) is 14.9. The highest BCUT2D eigenvalue weighted by Gasteiger charge is 2.40. The number of ether oxygens (including phenoxy) is 3. The molecule has 18 heteroatoms. The molecule has 4 aromatic rings. The monoisotopic (exact) mass is 874 g/mol. The van der Waals surface area contributed by atoms with Crippen molar-refractivity contribution in [1.82, 2.24) is 30.4 Å². The number of carbonyl (C=O) groups is 5. The molecule has 336 valence electrons. The zero-order chi connectivity index (χ0) is 45.4. The summed E-state index contributed by atoms with van der Waals surface area (Å²) in [6.45, 7) is 3.73. The Morgan fingerprint density at radius 1 is 0.938 bits per heavy atom. The van der Waals surface area contributed by atoms with Gasteiger partial charge in [-0.1, -0.05) is 30.7 Å². The van der Waals surface area contributed by atoms with E-state index in [-0.39, 0.29) is 80.5 Å². The second-order valence-corrected chi connectivity index (χ2v) is 15.4. The fourth-order valence-electron chi connectivity index (χ4n) is 7.17. The Kier molecular flexibility index (Phi) is 16.6. The molecule has 6 N–H and O–H groups in total. The quantitative estimate of drug-likeness (QED) is 0.0273. The molecule has 64 heavy (non-hydrogen) atoms. The van der Waals surface area contributed by atoms with Crippen LogP contribution in [0.3, 0.4) is 0 Å². The molecule has 3 aromatic carbocycles. The molecule has 0 saturated carbocycles. The molecule has 1 aromatic heterocycles. The molecule has 3 heterocycles. The van der Waals surface area contributed by atoms with E-state index in [1.54, 1.807) is 55.7 Å². The first kappa shape index (κ1) is 46.5. The minimum atomic E-state index is -0.736. The number of amides is 5. The van der Waals surface area contributed by atoms with Crippen LogP contribution in [0, 0.1) is 10.8 Å². The number of nitrogens with one attached hydrogen (secondary N) is 6. The van der Waals surface area contributed by atoms with E-state index in [9.17, 15) is 24.0 Å². The molecular formula is C46H54N10O8. The predicted molar refractivity (Wildman–Crippen MR) is 238 cm³/mol. The number of hydrogen-bond acceptors (Lipinski definition) is 13. The summed E-state index contributed by atoms with van der Waals surface area (Å²) < 4.78 is 17.2. The second-order valence-electron chi connectivity index (χ2n) is 15.4. The van der Waals surface area contributed by atoms with Crippen molar-refractivity contribution >= 4 is 52.6 Å². The first-order chi connectivity index (χ1) is 31.0. The molecule has 2 aliphatic rings. The highest BCUT2D eigenvalue weighted by Crippen LogP contribution is 2.32.